The Morgan fingerprint density at radius 2 is 1.89 bits per heavy atom. The Morgan fingerprint density at radius 3 is 2.62 bits per heavy atom. The molecule has 2 aliphatic rings. The van der Waals surface area contributed by atoms with Gasteiger partial charge in [0.25, 0.3) is 0 Å². The molecule has 6 heteroatoms. The molecule has 1 fully saturated rings. The fourth-order valence-electron chi connectivity index (χ4n) is 5.66. The smallest absolute Gasteiger partial charge is 0.335 e. The number of rotatable bonds is 9. The van der Waals surface area contributed by atoms with E-state index in [-0.39, 0.29) is 6.67 Å². The zero-order valence-corrected chi connectivity index (χ0v) is 21.3. The standard InChI is InChI=1S/C31H33FN2O3/c1-37-29-18-25(12-14-33-29)27-5-2-4-24-17-26(31(35)36)10-11-28(24)30(27)23-8-6-21(7-9-23)16-22-19-34(20-22)15-3-13-32/h6-12,14,17-18,22H,2-5,13,15-16,19-20H2,1H3,(H,35,36). The minimum atomic E-state index is -0.903. The predicted molar refractivity (Wildman–Crippen MR) is 144 cm³/mol. The van der Waals surface area contributed by atoms with Crippen molar-refractivity contribution in [2.75, 3.05) is 33.4 Å². The molecule has 5 rings (SSSR count). The van der Waals surface area contributed by atoms with E-state index < -0.39 is 5.97 Å². The lowest BCUT2D eigenvalue weighted by atomic mass is 9.86. The summed E-state index contributed by atoms with van der Waals surface area (Å²) >= 11 is 0. The van der Waals surface area contributed by atoms with Crippen LogP contribution in [0.4, 0.5) is 4.39 Å². The Hall–Kier alpha value is -3.51. The number of benzene rings is 2. The van der Waals surface area contributed by atoms with Gasteiger partial charge < -0.3 is 14.7 Å². The van der Waals surface area contributed by atoms with Crippen LogP contribution in [-0.2, 0) is 12.8 Å². The van der Waals surface area contributed by atoms with Crippen molar-refractivity contribution in [3.63, 3.8) is 0 Å². The van der Waals surface area contributed by atoms with E-state index >= 15 is 0 Å². The third-order valence-corrected chi connectivity index (χ3v) is 7.50. The maximum atomic E-state index is 12.4. The lowest BCUT2D eigenvalue weighted by molar-refractivity contribution is 0.0696. The van der Waals surface area contributed by atoms with Crippen molar-refractivity contribution in [2.45, 2.75) is 32.1 Å². The normalized spacial score (nSPS) is 16.2. The summed E-state index contributed by atoms with van der Waals surface area (Å²) in [5.41, 5.74) is 8.34. The van der Waals surface area contributed by atoms with Crippen LogP contribution in [0.2, 0.25) is 0 Å². The molecular weight excluding hydrogens is 467 g/mol. The van der Waals surface area contributed by atoms with Gasteiger partial charge in [-0.15, -0.1) is 0 Å². The number of carboxylic acid groups (broad SMARTS) is 1. The summed E-state index contributed by atoms with van der Waals surface area (Å²) in [4.78, 5) is 18.3. The first-order chi connectivity index (χ1) is 18.1. The van der Waals surface area contributed by atoms with Gasteiger partial charge >= 0.3 is 5.97 Å². The number of aromatic carboxylic acids is 1. The molecule has 5 nitrogen and oxygen atoms in total. The van der Waals surface area contributed by atoms with E-state index in [1.165, 1.54) is 11.1 Å². The number of fused-ring (bicyclic) bond motifs is 1. The van der Waals surface area contributed by atoms with Crippen molar-refractivity contribution in [3.8, 4) is 5.88 Å². The van der Waals surface area contributed by atoms with Crippen LogP contribution >= 0.6 is 0 Å². The van der Waals surface area contributed by atoms with Crippen LogP contribution in [0.25, 0.3) is 11.1 Å². The number of pyridine rings is 1. The second kappa shape index (κ2) is 11.3. The molecule has 2 heterocycles. The molecule has 37 heavy (non-hydrogen) atoms. The van der Waals surface area contributed by atoms with Crippen LogP contribution in [0, 0.1) is 5.92 Å². The molecular formula is C31H33FN2O3. The Balaban J connectivity index is 1.49. The van der Waals surface area contributed by atoms with Crippen molar-refractivity contribution >= 4 is 17.1 Å². The minimum absolute atomic E-state index is 0.243. The molecule has 1 aliphatic carbocycles. The topological polar surface area (TPSA) is 62.7 Å². The highest BCUT2D eigenvalue weighted by Gasteiger charge is 2.26. The molecule has 192 valence electrons. The highest BCUT2D eigenvalue weighted by molar-refractivity contribution is 6.00. The third kappa shape index (κ3) is 5.59. The first-order valence-electron chi connectivity index (χ1n) is 13.0. The molecule has 0 spiro atoms. The van der Waals surface area contributed by atoms with Crippen molar-refractivity contribution in [1.82, 2.24) is 9.88 Å². The zero-order chi connectivity index (χ0) is 25.8. The average molecular weight is 501 g/mol. The van der Waals surface area contributed by atoms with Gasteiger partial charge in [0.1, 0.15) is 0 Å². The second-order valence-corrected chi connectivity index (χ2v) is 10.0. The van der Waals surface area contributed by atoms with Crippen LogP contribution in [0.15, 0.2) is 60.8 Å². The van der Waals surface area contributed by atoms with E-state index in [1.54, 1.807) is 19.4 Å². The highest BCUT2D eigenvalue weighted by atomic mass is 19.1. The van der Waals surface area contributed by atoms with Gasteiger partial charge in [-0.25, -0.2) is 9.78 Å². The summed E-state index contributed by atoms with van der Waals surface area (Å²) in [6.45, 7) is 2.69. The number of nitrogens with zero attached hydrogens (tertiary/aromatic N) is 2. The second-order valence-electron chi connectivity index (χ2n) is 10.0. The number of halogens is 1. The number of carboxylic acids is 1. The number of hydrogen-bond donors (Lipinski definition) is 1. The Bertz CT molecular complexity index is 1300. The lowest BCUT2D eigenvalue weighted by Crippen LogP contribution is -2.47. The summed E-state index contributed by atoms with van der Waals surface area (Å²) in [7, 11) is 1.62. The van der Waals surface area contributed by atoms with Crippen molar-refractivity contribution in [1.29, 1.82) is 0 Å². The maximum absolute atomic E-state index is 12.4. The Kier molecular flexibility index (Phi) is 7.65. The van der Waals surface area contributed by atoms with Crippen LogP contribution in [0.3, 0.4) is 0 Å². The van der Waals surface area contributed by atoms with Crippen LogP contribution in [0.1, 0.15) is 57.4 Å². The van der Waals surface area contributed by atoms with Crippen LogP contribution in [0.5, 0.6) is 5.88 Å². The number of aryl methyl sites for hydroxylation is 1. The van der Waals surface area contributed by atoms with Gasteiger partial charge in [-0.05, 0) is 95.2 Å². The highest BCUT2D eigenvalue weighted by Crippen LogP contribution is 2.40. The molecule has 1 aliphatic heterocycles. The monoisotopic (exact) mass is 500 g/mol. The molecule has 0 radical (unpaired) electrons. The molecule has 0 saturated carbocycles. The molecule has 1 saturated heterocycles. The Labute approximate surface area is 217 Å². The van der Waals surface area contributed by atoms with E-state index in [4.69, 9.17) is 4.74 Å². The molecule has 0 unspecified atom stereocenters. The third-order valence-electron chi connectivity index (χ3n) is 7.50. The van der Waals surface area contributed by atoms with E-state index in [1.807, 2.05) is 24.3 Å². The number of allylic oxidation sites excluding steroid dienone is 1. The minimum Gasteiger partial charge on any atom is -0.481 e. The fraction of sp³-hybridized carbons (Fsp3) is 0.355. The summed E-state index contributed by atoms with van der Waals surface area (Å²) in [6.07, 6.45) is 6.05. The number of aromatic nitrogens is 1. The van der Waals surface area contributed by atoms with E-state index in [2.05, 4.69) is 34.1 Å². The predicted octanol–water partition coefficient (Wildman–Crippen LogP) is 5.92. The van der Waals surface area contributed by atoms with Gasteiger partial charge in [-0.2, -0.15) is 0 Å². The van der Waals surface area contributed by atoms with E-state index in [0.29, 0.717) is 23.8 Å². The van der Waals surface area contributed by atoms with Crippen molar-refractivity contribution < 1.29 is 19.0 Å². The molecule has 1 N–H and O–H groups in total. The maximum Gasteiger partial charge on any atom is 0.335 e. The van der Waals surface area contributed by atoms with Crippen molar-refractivity contribution in [3.05, 3.63) is 94.2 Å². The van der Waals surface area contributed by atoms with E-state index in [0.717, 1.165) is 73.1 Å². The summed E-state index contributed by atoms with van der Waals surface area (Å²) in [5, 5.41) is 9.56. The molecule has 0 bridgehead atoms. The number of ether oxygens (including phenoxy) is 1. The van der Waals surface area contributed by atoms with Gasteiger partial charge in [0.05, 0.1) is 19.3 Å². The molecule has 0 amide bonds. The number of hydrogen-bond acceptors (Lipinski definition) is 4. The zero-order valence-electron chi connectivity index (χ0n) is 21.3. The van der Waals surface area contributed by atoms with Crippen LogP contribution in [-0.4, -0.2) is 54.4 Å². The quantitative estimate of drug-likeness (QED) is 0.395. The fourth-order valence-corrected chi connectivity index (χ4v) is 5.66. The number of alkyl halides is 1. The first-order valence-corrected chi connectivity index (χ1v) is 13.0. The number of likely N-dealkylation sites (tertiary alicyclic amines) is 1. The lowest BCUT2D eigenvalue weighted by Gasteiger charge is -2.39. The summed E-state index contributed by atoms with van der Waals surface area (Å²) < 4.78 is 17.8. The summed E-state index contributed by atoms with van der Waals surface area (Å²) in [5.74, 6) is 0.296. The van der Waals surface area contributed by atoms with Gasteiger partial charge in [0, 0.05) is 31.9 Å². The Morgan fingerprint density at radius 1 is 1.08 bits per heavy atom. The molecule has 1 aromatic heterocycles. The van der Waals surface area contributed by atoms with Gasteiger partial charge in [-0.3, -0.25) is 4.39 Å². The SMILES string of the molecule is COc1cc(C2=C(c3ccc(CC4CN(CCCF)C4)cc3)c3ccc(C(=O)O)cc3CCC2)ccn1. The van der Waals surface area contributed by atoms with Gasteiger partial charge in [0.15, 0.2) is 0 Å². The average Bonchev–Trinajstić information content (AvgIpc) is 3.09. The largest absolute Gasteiger partial charge is 0.481 e. The van der Waals surface area contributed by atoms with Gasteiger partial charge in [-0.1, -0.05) is 30.3 Å². The molecule has 3 aromatic rings. The summed E-state index contributed by atoms with van der Waals surface area (Å²) in [6, 6.07) is 18.3. The van der Waals surface area contributed by atoms with E-state index in [9.17, 15) is 14.3 Å². The molecule has 2 aromatic carbocycles. The van der Waals surface area contributed by atoms with Crippen molar-refractivity contribution in [2.24, 2.45) is 5.92 Å². The first kappa shape index (κ1) is 25.2. The number of methoxy groups -OCH3 is 1. The molecule has 0 atom stereocenters. The number of carbonyl (C=O) groups is 1. The van der Waals surface area contributed by atoms with Crippen LogP contribution < -0.4 is 4.74 Å². The van der Waals surface area contributed by atoms with Gasteiger partial charge in [0.2, 0.25) is 5.88 Å².